The molecule has 170 valence electrons. The molecule has 0 spiro atoms. The molecule has 4 rings (SSSR count). The fraction of sp³-hybridized carbons (Fsp3) is 0.280. The molecule has 0 unspecified atom stereocenters. The Kier molecular flexibility index (Phi) is 6.83. The first-order valence-electron chi connectivity index (χ1n) is 11.0. The molecule has 0 aliphatic carbocycles. The first-order valence-corrected chi connectivity index (χ1v) is 11.0. The second-order valence-electron chi connectivity index (χ2n) is 8.20. The van der Waals surface area contributed by atoms with Gasteiger partial charge < -0.3 is 15.2 Å². The zero-order valence-electron chi connectivity index (χ0n) is 18.9. The van der Waals surface area contributed by atoms with Crippen LogP contribution in [0.3, 0.4) is 0 Å². The quantitative estimate of drug-likeness (QED) is 0.557. The average molecular weight is 445 g/mol. The molecule has 1 amide bonds. The van der Waals surface area contributed by atoms with Crippen LogP contribution in [-0.2, 0) is 24.2 Å². The number of aryl methyl sites for hydroxylation is 1. The molecule has 2 N–H and O–H groups in total. The maximum atomic E-state index is 12.9. The van der Waals surface area contributed by atoms with Crippen molar-refractivity contribution >= 4 is 17.9 Å². The first-order chi connectivity index (χ1) is 16.0. The van der Waals surface area contributed by atoms with E-state index in [4.69, 9.17) is 0 Å². The van der Waals surface area contributed by atoms with E-state index in [0.717, 1.165) is 24.2 Å². The van der Waals surface area contributed by atoms with Gasteiger partial charge in [0, 0.05) is 50.0 Å². The van der Waals surface area contributed by atoms with Gasteiger partial charge in [0.25, 0.3) is 5.56 Å². The zero-order chi connectivity index (χ0) is 23.2. The third-order valence-corrected chi connectivity index (χ3v) is 5.52. The molecule has 0 bridgehead atoms. The molecular weight excluding hydrogens is 416 g/mol. The van der Waals surface area contributed by atoms with E-state index < -0.39 is 0 Å². The number of hydrogen-bond acceptors (Lipinski definition) is 5. The van der Waals surface area contributed by atoms with Gasteiger partial charge in [-0.3, -0.25) is 14.2 Å². The summed E-state index contributed by atoms with van der Waals surface area (Å²) >= 11 is 0. The lowest BCUT2D eigenvalue weighted by Crippen LogP contribution is -2.35. The van der Waals surface area contributed by atoms with Crippen molar-refractivity contribution in [1.29, 1.82) is 0 Å². The number of anilines is 1. The Balaban J connectivity index is 1.38. The monoisotopic (exact) mass is 444 g/mol. The summed E-state index contributed by atoms with van der Waals surface area (Å²) in [6, 6.07) is 10.0. The predicted octanol–water partition coefficient (Wildman–Crippen LogP) is 2.56. The van der Waals surface area contributed by atoms with Crippen molar-refractivity contribution in [2.75, 3.05) is 18.4 Å². The van der Waals surface area contributed by atoms with Gasteiger partial charge in [-0.05, 0) is 31.4 Å². The number of benzene rings is 1. The molecule has 0 fully saturated rings. The minimum Gasteiger partial charge on any atom is -0.365 e. The fourth-order valence-corrected chi connectivity index (χ4v) is 3.79. The number of carbonyl (C=O) groups is 1. The van der Waals surface area contributed by atoms with Crippen LogP contribution in [0, 0.1) is 6.92 Å². The summed E-state index contributed by atoms with van der Waals surface area (Å²) in [6.07, 6.45) is 10.9. The molecule has 0 radical (unpaired) electrons. The largest absolute Gasteiger partial charge is 0.365 e. The summed E-state index contributed by atoms with van der Waals surface area (Å²) in [5.74, 6) is 0.988. The van der Waals surface area contributed by atoms with E-state index in [0.29, 0.717) is 18.8 Å². The van der Waals surface area contributed by atoms with E-state index in [1.807, 2.05) is 54.2 Å². The third-order valence-electron chi connectivity index (χ3n) is 5.52. The molecule has 1 aliphatic heterocycles. The molecule has 1 aliphatic rings. The van der Waals surface area contributed by atoms with Gasteiger partial charge in [-0.2, -0.15) is 0 Å². The lowest BCUT2D eigenvalue weighted by atomic mass is 10.1. The number of nitrogens with zero attached hydrogens (tertiary/aromatic N) is 4. The molecule has 8 nitrogen and oxygen atoms in total. The van der Waals surface area contributed by atoms with Crippen molar-refractivity contribution in [3.63, 3.8) is 0 Å². The van der Waals surface area contributed by atoms with E-state index in [1.54, 1.807) is 19.3 Å². The second kappa shape index (κ2) is 10.1. The standard InChI is InChI=1S/C25H28N6O2/c1-18-12-21(16-30-11-10-26-22(30)13-18)15-28-23(32)17-31-19(2)14-29-24(25(31)33)27-9-8-20-6-4-3-5-7-20/h3-7,10-12,14,16H,8-9,13,15,17H2,1-2H3,(H,27,29)(H,28,32). The van der Waals surface area contributed by atoms with Gasteiger partial charge in [-0.1, -0.05) is 42.0 Å². The topological polar surface area (TPSA) is 93.8 Å². The Morgan fingerprint density at radius 2 is 1.97 bits per heavy atom. The summed E-state index contributed by atoms with van der Waals surface area (Å²) in [5, 5.41) is 6.03. The number of fused-ring (bicyclic) bond motifs is 1. The maximum absolute atomic E-state index is 12.9. The van der Waals surface area contributed by atoms with Crippen LogP contribution in [0.2, 0.25) is 0 Å². The molecule has 3 heterocycles. The van der Waals surface area contributed by atoms with Crippen LogP contribution in [-0.4, -0.2) is 38.1 Å². The highest BCUT2D eigenvalue weighted by atomic mass is 16.2. The summed E-state index contributed by atoms with van der Waals surface area (Å²) in [5.41, 5.74) is 3.66. The second-order valence-corrected chi connectivity index (χ2v) is 8.20. The van der Waals surface area contributed by atoms with Crippen molar-refractivity contribution in [3.05, 3.63) is 93.6 Å². The normalized spacial score (nSPS) is 12.9. The highest BCUT2D eigenvalue weighted by molar-refractivity contribution is 5.76. The lowest BCUT2D eigenvalue weighted by molar-refractivity contribution is -0.121. The van der Waals surface area contributed by atoms with Crippen LogP contribution < -0.4 is 16.2 Å². The van der Waals surface area contributed by atoms with Crippen LogP contribution in [0.15, 0.2) is 70.9 Å². The van der Waals surface area contributed by atoms with E-state index in [2.05, 4.69) is 26.7 Å². The minimum atomic E-state index is -0.300. The Labute approximate surface area is 192 Å². The molecule has 33 heavy (non-hydrogen) atoms. The van der Waals surface area contributed by atoms with E-state index >= 15 is 0 Å². The highest BCUT2D eigenvalue weighted by Gasteiger charge is 2.13. The molecular formula is C25H28N6O2. The van der Waals surface area contributed by atoms with Crippen molar-refractivity contribution in [2.45, 2.75) is 33.2 Å². The number of carbonyl (C=O) groups excluding carboxylic acids is 1. The number of nitrogens with one attached hydrogen (secondary N) is 2. The van der Waals surface area contributed by atoms with Gasteiger partial charge in [-0.15, -0.1) is 0 Å². The molecule has 0 saturated heterocycles. The zero-order valence-corrected chi connectivity index (χ0v) is 18.9. The molecule has 1 aromatic carbocycles. The number of rotatable bonds is 8. The third kappa shape index (κ3) is 5.65. The molecule has 8 heteroatoms. The van der Waals surface area contributed by atoms with E-state index in [9.17, 15) is 9.59 Å². The molecule has 0 saturated carbocycles. The molecule has 2 aromatic heterocycles. The van der Waals surface area contributed by atoms with Gasteiger partial charge in [0.1, 0.15) is 12.4 Å². The first kappa shape index (κ1) is 22.3. The maximum Gasteiger partial charge on any atom is 0.293 e. The summed E-state index contributed by atoms with van der Waals surface area (Å²) < 4.78 is 3.42. The van der Waals surface area contributed by atoms with Crippen LogP contribution in [0.1, 0.15) is 24.0 Å². The summed E-state index contributed by atoms with van der Waals surface area (Å²) in [4.78, 5) is 34.1. The van der Waals surface area contributed by atoms with Crippen LogP contribution in [0.25, 0.3) is 6.20 Å². The van der Waals surface area contributed by atoms with Crippen LogP contribution in [0.4, 0.5) is 5.82 Å². The highest BCUT2D eigenvalue weighted by Crippen LogP contribution is 2.15. The van der Waals surface area contributed by atoms with Gasteiger partial charge >= 0.3 is 0 Å². The van der Waals surface area contributed by atoms with Crippen molar-refractivity contribution in [3.8, 4) is 0 Å². The fourth-order valence-electron chi connectivity index (χ4n) is 3.79. The van der Waals surface area contributed by atoms with Crippen molar-refractivity contribution < 1.29 is 4.79 Å². The van der Waals surface area contributed by atoms with Crippen LogP contribution >= 0.6 is 0 Å². The lowest BCUT2D eigenvalue weighted by Gasteiger charge is -2.13. The number of imidazole rings is 1. The smallest absolute Gasteiger partial charge is 0.293 e. The van der Waals surface area contributed by atoms with E-state index in [-0.39, 0.29) is 23.8 Å². The van der Waals surface area contributed by atoms with Gasteiger partial charge in [0.05, 0.1) is 0 Å². The SMILES string of the molecule is CC1=CC(CNC(=O)Cn2c(C)cnc(NCCc3ccccc3)c2=O)=Cn2ccnc2C1. The van der Waals surface area contributed by atoms with Gasteiger partial charge in [0.15, 0.2) is 5.82 Å². The Bertz CT molecular complexity index is 1250. The Morgan fingerprint density at radius 3 is 2.79 bits per heavy atom. The van der Waals surface area contributed by atoms with Crippen LogP contribution in [0.5, 0.6) is 0 Å². The van der Waals surface area contributed by atoms with Crippen molar-refractivity contribution in [1.82, 2.24) is 24.4 Å². The Hall–Kier alpha value is -3.94. The number of allylic oxidation sites excluding steroid dienone is 1. The molecule has 0 atom stereocenters. The predicted molar refractivity (Wildman–Crippen MR) is 129 cm³/mol. The average Bonchev–Trinajstić information content (AvgIpc) is 3.16. The Morgan fingerprint density at radius 1 is 1.15 bits per heavy atom. The summed E-state index contributed by atoms with van der Waals surface area (Å²) in [6.45, 7) is 4.71. The minimum absolute atomic E-state index is 0.0626. The summed E-state index contributed by atoms with van der Waals surface area (Å²) in [7, 11) is 0. The number of hydrogen-bond donors (Lipinski definition) is 2. The number of amides is 1. The molecule has 3 aromatic rings. The van der Waals surface area contributed by atoms with E-state index in [1.165, 1.54) is 15.7 Å². The van der Waals surface area contributed by atoms with Gasteiger partial charge in [0.2, 0.25) is 5.91 Å². The van der Waals surface area contributed by atoms with Gasteiger partial charge in [-0.25, -0.2) is 9.97 Å². The van der Waals surface area contributed by atoms with Crippen molar-refractivity contribution in [2.24, 2.45) is 0 Å². The number of aromatic nitrogens is 4.